The van der Waals surface area contributed by atoms with Crippen LogP contribution in [0.4, 0.5) is 5.69 Å². The van der Waals surface area contributed by atoms with Gasteiger partial charge in [0.2, 0.25) is 0 Å². The van der Waals surface area contributed by atoms with Gasteiger partial charge in [0.15, 0.2) is 0 Å². The second kappa shape index (κ2) is 3.38. The molecule has 0 saturated carbocycles. The van der Waals surface area contributed by atoms with E-state index in [4.69, 9.17) is 5.73 Å². The largest absolute Gasteiger partial charge is 0.398 e. The maximum atomic E-state index is 11.4. The molecule has 72 valence electrons. The normalized spacial score (nSPS) is 12.9. The molecule has 0 aliphatic rings. The van der Waals surface area contributed by atoms with E-state index in [0.29, 0.717) is 5.69 Å². The molecule has 0 saturated heterocycles. The van der Waals surface area contributed by atoms with Gasteiger partial charge in [-0.2, -0.15) is 0 Å². The summed E-state index contributed by atoms with van der Waals surface area (Å²) in [6, 6.07) is 7.28. The van der Waals surface area contributed by atoms with Gasteiger partial charge >= 0.3 is 0 Å². The smallest absolute Gasteiger partial charge is 0.0883 e. The van der Waals surface area contributed by atoms with E-state index < -0.39 is 10.8 Å². The van der Waals surface area contributed by atoms with Crippen LogP contribution in [0.3, 0.4) is 0 Å². The number of hydrogen-bond acceptors (Lipinski definition) is 3. The lowest BCUT2D eigenvalue weighted by Gasteiger charge is -2.04. The third-order valence-electron chi connectivity index (χ3n) is 2.08. The van der Waals surface area contributed by atoms with Gasteiger partial charge in [-0.05, 0) is 12.1 Å². The van der Waals surface area contributed by atoms with Gasteiger partial charge < -0.3 is 5.73 Å². The lowest BCUT2D eigenvalue weighted by atomic mass is 10.2. The molecule has 0 aliphatic heterocycles. The maximum absolute atomic E-state index is 11.4. The van der Waals surface area contributed by atoms with E-state index in [1.165, 1.54) is 0 Å². The molecule has 2 rings (SSSR count). The number of pyridine rings is 1. The standard InChI is InChI=1S/C10H10N2OS/c1-14(13)9-4-2-3-7-8(11)5-6-12-10(7)9/h2-6H,1H3,(H2,11,12). The number of nitrogens with two attached hydrogens (primary N) is 1. The van der Waals surface area contributed by atoms with Crippen molar-refractivity contribution in [3.05, 3.63) is 30.5 Å². The van der Waals surface area contributed by atoms with Crippen LogP contribution in [0.2, 0.25) is 0 Å². The summed E-state index contributed by atoms with van der Waals surface area (Å²) < 4.78 is 11.4. The fourth-order valence-corrected chi connectivity index (χ4v) is 2.11. The van der Waals surface area contributed by atoms with Crippen LogP contribution in [-0.2, 0) is 10.8 Å². The van der Waals surface area contributed by atoms with Crippen LogP contribution >= 0.6 is 0 Å². The minimum Gasteiger partial charge on any atom is -0.398 e. The van der Waals surface area contributed by atoms with Crippen LogP contribution in [0.1, 0.15) is 0 Å². The van der Waals surface area contributed by atoms with Crippen LogP contribution in [0.25, 0.3) is 10.9 Å². The fraction of sp³-hybridized carbons (Fsp3) is 0.100. The van der Waals surface area contributed by atoms with E-state index in [-0.39, 0.29) is 0 Å². The first-order chi connectivity index (χ1) is 6.70. The van der Waals surface area contributed by atoms with Crippen molar-refractivity contribution in [3.8, 4) is 0 Å². The molecular formula is C10H10N2OS. The van der Waals surface area contributed by atoms with Crippen molar-refractivity contribution >= 4 is 27.4 Å². The summed E-state index contributed by atoms with van der Waals surface area (Å²) in [6.45, 7) is 0. The summed E-state index contributed by atoms with van der Waals surface area (Å²) >= 11 is 0. The Morgan fingerprint density at radius 2 is 2.14 bits per heavy atom. The Bertz CT molecular complexity index is 510. The van der Waals surface area contributed by atoms with Gasteiger partial charge in [0, 0.05) is 23.5 Å². The van der Waals surface area contributed by atoms with Crippen molar-refractivity contribution in [2.75, 3.05) is 12.0 Å². The number of fused-ring (bicyclic) bond motifs is 1. The highest BCUT2D eigenvalue weighted by atomic mass is 32.2. The summed E-state index contributed by atoms with van der Waals surface area (Å²) in [6.07, 6.45) is 3.27. The van der Waals surface area contributed by atoms with Crippen molar-refractivity contribution in [2.45, 2.75) is 4.90 Å². The first-order valence-corrected chi connectivity index (χ1v) is 5.72. The Morgan fingerprint density at radius 1 is 1.36 bits per heavy atom. The summed E-state index contributed by atoms with van der Waals surface area (Å²) in [5.74, 6) is 0. The van der Waals surface area contributed by atoms with Gasteiger partial charge in [-0.1, -0.05) is 12.1 Å². The highest BCUT2D eigenvalue weighted by Gasteiger charge is 2.06. The molecule has 0 aliphatic carbocycles. The highest BCUT2D eigenvalue weighted by molar-refractivity contribution is 7.84. The SMILES string of the molecule is CS(=O)c1cccc2c(N)ccnc12. The minimum absolute atomic E-state index is 0.669. The Labute approximate surface area is 84.4 Å². The second-order valence-corrected chi connectivity index (χ2v) is 4.35. The zero-order valence-corrected chi connectivity index (χ0v) is 8.54. The molecular weight excluding hydrogens is 196 g/mol. The van der Waals surface area contributed by atoms with Crippen LogP contribution in [0.15, 0.2) is 35.4 Å². The van der Waals surface area contributed by atoms with Gasteiger partial charge in [-0.3, -0.25) is 9.19 Å². The second-order valence-electron chi connectivity index (χ2n) is 3.01. The van der Waals surface area contributed by atoms with Crippen molar-refractivity contribution in [1.82, 2.24) is 4.98 Å². The number of nitrogens with zero attached hydrogens (tertiary/aromatic N) is 1. The van der Waals surface area contributed by atoms with Crippen molar-refractivity contribution in [3.63, 3.8) is 0 Å². The van der Waals surface area contributed by atoms with E-state index in [0.717, 1.165) is 15.8 Å². The predicted octanol–water partition coefficient (Wildman–Crippen LogP) is 1.55. The van der Waals surface area contributed by atoms with Crippen molar-refractivity contribution < 1.29 is 4.21 Å². The fourth-order valence-electron chi connectivity index (χ4n) is 1.40. The summed E-state index contributed by atoms with van der Waals surface area (Å²) in [5.41, 5.74) is 7.19. The monoisotopic (exact) mass is 206 g/mol. The lowest BCUT2D eigenvalue weighted by Crippen LogP contribution is -1.94. The van der Waals surface area contributed by atoms with E-state index in [1.54, 1.807) is 18.5 Å². The third-order valence-corrected chi connectivity index (χ3v) is 3.03. The number of nitrogen functional groups attached to an aromatic ring is 1. The summed E-state index contributed by atoms with van der Waals surface area (Å²) in [7, 11) is -1.03. The number of para-hydroxylation sites is 1. The Hall–Kier alpha value is -1.42. The number of benzene rings is 1. The molecule has 14 heavy (non-hydrogen) atoms. The van der Waals surface area contributed by atoms with Crippen molar-refractivity contribution in [2.24, 2.45) is 0 Å². The average Bonchev–Trinajstić information content (AvgIpc) is 2.17. The molecule has 0 spiro atoms. The van der Waals surface area contributed by atoms with Gasteiger partial charge in [-0.25, -0.2) is 0 Å². The van der Waals surface area contributed by atoms with Gasteiger partial charge in [0.1, 0.15) is 0 Å². The molecule has 1 heterocycles. The molecule has 0 bridgehead atoms. The van der Waals surface area contributed by atoms with Gasteiger partial charge in [0.05, 0.1) is 21.2 Å². The van der Waals surface area contributed by atoms with Crippen LogP contribution in [-0.4, -0.2) is 15.4 Å². The van der Waals surface area contributed by atoms with Crippen LogP contribution < -0.4 is 5.73 Å². The zero-order chi connectivity index (χ0) is 10.1. The third kappa shape index (κ3) is 1.37. The number of rotatable bonds is 1. The Balaban J connectivity index is 2.88. The van der Waals surface area contributed by atoms with E-state index >= 15 is 0 Å². The first-order valence-electron chi connectivity index (χ1n) is 4.17. The average molecular weight is 206 g/mol. The molecule has 4 heteroatoms. The molecule has 1 atom stereocenters. The van der Waals surface area contributed by atoms with E-state index in [2.05, 4.69) is 4.98 Å². The van der Waals surface area contributed by atoms with Crippen LogP contribution in [0, 0.1) is 0 Å². The summed E-state index contributed by atoms with van der Waals surface area (Å²) in [5, 5.41) is 0.861. The number of hydrogen-bond donors (Lipinski definition) is 1. The molecule has 1 aromatic carbocycles. The van der Waals surface area contributed by atoms with Crippen LogP contribution in [0.5, 0.6) is 0 Å². The van der Waals surface area contributed by atoms with E-state index in [1.807, 2.05) is 18.2 Å². The van der Waals surface area contributed by atoms with Crippen molar-refractivity contribution in [1.29, 1.82) is 0 Å². The molecule has 0 radical (unpaired) electrons. The number of aromatic nitrogens is 1. The molecule has 0 fully saturated rings. The molecule has 2 N–H and O–H groups in total. The van der Waals surface area contributed by atoms with E-state index in [9.17, 15) is 4.21 Å². The minimum atomic E-state index is -1.03. The molecule has 1 aromatic heterocycles. The first kappa shape index (κ1) is 9.15. The number of anilines is 1. The maximum Gasteiger partial charge on any atom is 0.0883 e. The predicted molar refractivity (Wildman–Crippen MR) is 58.5 cm³/mol. The summed E-state index contributed by atoms with van der Waals surface area (Å²) in [4.78, 5) is 4.92. The molecule has 0 amide bonds. The zero-order valence-electron chi connectivity index (χ0n) is 7.73. The molecule has 2 aromatic rings. The van der Waals surface area contributed by atoms with Gasteiger partial charge in [-0.15, -0.1) is 0 Å². The molecule has 1 unspecified atom stereocenters. The molecule has 3 nitrogen and oxygen atoms in total. The Morgan fingerprint density at radius 3 is 2.86 bits per heavy atom. The Kier molecular flexibility index (Phi) is 2.21. The van der Waals surface area contributed by atoms with Gasteiger partial charge in [0.25, 0.3) is 0 Å². The topological polar surface area (TPSA) is 56.0 Å². The quantitative estimate of drug-likeness (QED) is 0.770. The lowest BCUT2D eigenvalue weighted by molar-refractivity contribution is 0.687. The highest BCUT2D eigenvalue weighted by Crippen LogP contribution is 2.23.